The predicted octanol–water partition coefficient (Wildman–Crippen LogP) is 0.654. The van der Waals surface area contributed by atoms with Gasteiger partial charge in [0, 0.05) is 6.04 Å². The van der Waals surface area contributed by atoms with E-state index in [1.165, 1.54) is 0 Å². The van der Waals surface area contributed by atoms with Crippen molar-refractivity contribution in [2.24, 2.45) is 0 Å². The van der Waals surface area contributed by atoms with Crippen LogP contribution in [0, 0.1) is 6.92 Å². The molecule has 15 heavy (non-hydrogen) atoms. The van der Waals surface area contributed by atoms with Crippen molar-refractivity contribution >= 4 is 10.0 Å². The van der Waals surface area contributed by atoms with Crippen LogP contribution in [-0.4, -0.2) is 26.2 Å². The molecule has 1 aromatic rings. The minimum absolute atomic E-state index is 0.217. The molecule has 2 N–H and O–H groups in total. The van der Waals surface area contributed by atoms with E-state index >= 15 is 0 Å². The van der Waals surface area contributed by atoms with E-state index in [0.717, 1.165) is 0 Å². The second-order valence-corrected chi connectivity index (χ2v) is 5.15. The van der Waals surface area contributed by atoms with Gasteiger partial charge in [0.1, 0.15) is 0 Å². The van der Waals surface area contributed by atoms with Crippen molar-refractivity contribution in [2.75, 3.05) is 6.61 Å². The van der Waals surface area contributed by atoms with Crippen molar-refractivity contribution in [3.63, 3.8) is 0 Å². The van der Waals surface area contributed by atoms with E-state index in [1.807, 2.05) is 0 Å². The minimum Gasteiger partial charge on any atom is -0.395 e. The highest BCUT2D eigenvalue weighted by molar-refractivity contribution is 7.89. The summed E-state index contributed by atoms with van der Waals surface area (Å²) in [6, 6.07) is 6.25. The molecule has 0 saturated carbocycles. The smallest absolute Gasteiger partial charge is 0.241 e. The summed E-state index contributed by atoms with van der Waals surface area (Å²) in [7, 11) is -3.51. The van der Waals surface area contributed by atoms with Gasteiger partial charge in [-0.25, -0.2) is 13.1 Å². The number of benzene rings is 1. The lowest BCUT2D eigenvalue weighted by atomic mass is 10.2. The highest BCUT2D eigenvalue weighted by Gasteiger charge is 2.18. The van der Waals surface area contributed by atoms with Crippen molar-refractivity contribution in [1.82, 2.24) is 4.72 Å². The van der Waals surface area contributed by atoms with Crippen LogP contribution in [0.2, 0.25) is 0 Å². The molecular formula is C10H15NO3S. The molecule has 84 valence electrons. The van der Waals surface area contributed by atoms with E-state index in [0.29, 0.717) is 5.56 Å². The van der Waals surface area contributed by atoms with E-state index in [4.69, 9.17) is 5.11 Å². The molecule has 0 unspecified atom stereocenters. The second-order valence-electron chi connectivity index (χ2n) is 3.47. The number of hydrogen-bond donors (Lipinski definition) is 2. The molecule has 0 aliphatic rings. The Morgan fingerprint density at radius 3 is 2.53 bits per heavy atom. The molecule has 1 rings (SSSR count). The average Bonchev–Trinajstić information content (AvgIpc) is 2.17. The molecule has 0 aliphatic carbocycles. The van der Waals surface area contributed by atoms with Crippen LogP contribution in [0.25, 0.3) is 0 Å². The zero-order valence-electron chi connectivity index (χ0n) is 8.77. The third-order valence-electron chi connectivity index (χ3n) is 2.01. The molecule has 1 atom stereocenters. The Hall–Kier alpha value is -0.910. The summed E-state index contributed by atoms with van der Waals surface area (Å²) >= 11 is 0. The lowest BCUT2D eigenvalue weighted by molar-refractivity contribution is 0.265. The Morgan fingerprint density at radius 1 is 1.40 bits per heavy atom. The molecular weight excluding hydrogens is 214 g/mol. The normalized spacial score (nSPS) is 13.8. The molecule has 0 aromatic heterocycles. The Morgan fingerprint density at radius 2 is 2.00 bits per heavy atom. The zero-order valence-corrected chi connectivity index (χ0v) is 9.58. The number of nitrogens with one attached hydrogen (secondary N) is 1. The maximum absolute atomic E-state index is 11.8. The van der Waals surface area contributed by atoms with Crippen molar-refractivity contribution < 1.29 is 13.5 Å². The third-order valence-corrected chi connectivity index (χ3v) is 3.76. The summed E-state index contributed by atoms with van der Waals surface area (Å²) < 4.78 is 26.0. The van der Waals surface area contributed by atoms with Gasteiger partial charge in [-0.05, 0) is 25.5 Å². The number of aryl methyl sites for hydroxylation is 1. The van der Waals surface area contributed by atoms with Crippen molar-refractivity contribution in [2.45, 2.75) is 24.8 Å². The van der Waals surface area contributed by atoms with Gasteiger partial charge in [-0.3, -0.25) is 0 Å². The van der Waals surface area contributed by atoms with Gasteiger partial charge in [-0.1, -0.05) is 18.2 Å². The van der Waals surface area contributed by atoms with E-state index < -0.39 is 16.1 Å². The van der Waals surface area contributed by atoms with Gasteiger partial charge in [0.2, 0.25) is 10.0 Å². The molecule has 5 heteroatoms. The summed E-state index contributed by atoms with van der Waals surface area (Å²) in [5.41, 5.74) is 0.690. The molecule has 0 heterocycles. The third kappa shape index (κ3) is 3.02. The first-order chi connectivity index (χ1) is 6.97. The minimum atomic E-state index is -3.51. The molecule has 0 spiro atoms. The number of aliphatic hydroxyl groups is 1. The van der Waals surface area contributed by atoms with Gasteiger partial charge in [0.15, 0.2) is 0 Å². The Balaban J connectivity index is 3.02. The van der Waals surface area contributed by atoms with Crippen LogP contribution in [-0.2, 0) is 10.0 Å². The maximum Gasteiger partial charge on any atom is 0.241 e. The predicted molar refractivity (Wildman–Crippen MR) is 58.0 cm³/mol. The van der Waals surface area contributed by atoms with E-state index in [1.54, 1.807) is 38.1 Å². The fourth-order valence-electron chi connectivity index (χ4n) is 1.22. The van der Waals surface area contributed by atoms with Crippen LogP contribution in [0.3, 0.4) is 0 Å². The molecule has 0 fully saturated rings. The quantitative estimate of drug-likeness (QED) is 0.797. The van der Waals surface area contributed by atoms with Crippen LogP contribution in [0.15, 0.2) is 29.2 Å². The monoisotopic (exact) mass is 229 g/mol. The van der Waals surface area contributed by atoms with Crippen molar-refractivity contribution in [3.8, 4) is 0 Å². The van der Waals surface area contributed by atoms with E-state index in [9.17, 15) is 8.42 Å². The first-order valence-corrected chi connectivity index (χ1v) is 6.14. The lowest BCUT2D eigenvalue weighted by Gasteiger charge is -2.12. The Kier molecular flexibility index (Phi) is 3.84. The molecule has 0 radical (unpaired) electrons. The van der Waals surface area contributed by atoms with Crippen LogP contribution in [0.5, 0.6) is 0 Å². The first kappa shape index (κ1) is 12.2. The number of aliphatic hydroxyl groups excluding tert-OH is 1. The van der Waals surface area contributed by atoms with E-state index in [2.05, 4.69) is 4.72 Å². The molecule has 4 nitrogen and oxygen atoms in total. The van der Waals surface area contributed by atoms with Gasteiger partial charge in [-0.2, -0.15) is 0 Å². The first-order valence-electron chi connectivity index (χ1n) is 4.66. The topological polar surface area (TPSA) is 66.4 Å². The summed E-state index contributed by atoms with van der Waals surface area (Å²) in [6.07, 6.45) is 0. The van der Waals surface area contributed by atoms with Crippen LogP contribution < -0.4 is 4.72 Å². The number of hydrogen-bond acceptors (Lipinski definition) is 3. The molecule has 0 bridgehead atoms. The summed E-state index contributed by atoms with van der Waals surface area (Å²) in [5, 5.41) is 8.79. The van der Waals surface area contributed by atoms with Gasteiger partial charge in [0.05, 0.1) is 11.5 Å². The highest BCUT2D eigenvalue weighted by atomic mass is 32.2. The number of rotatable bonds is 4. The fourth-order valence-corrected chi connectivity index (χ4v) is 2.70. The Labute approximate surface area is 90.0 Å². The summed E-state index contributed by atoms with van der Waals surface area (Å²) in [4.78, 5) is 0.255. The van der Waals surface area contributed by atoms with Gasteiger partial charge in [0.25, 0.3) is 0 Å². The summed E-state index contributed by atoms with van der Waals surface area (Å²) in [5.74, 6) is 0. The van der Waals surface area contributed by atoms with E-state index in [-0.39, 0.29) is 11.5 Å². The van der Waals surface area contributed by atoms with Crippen LogP contribution in [0.1, 0.15) is 12.5 Å². The molecule has 0 aliphatic heterocycles. The van der Waals surface area contributed by atoms with Gasteiger partial charge in [-0.15, -0.1) is 0 Å². The Bertz CT molecular complexity index is 428. The molecule has 0 saturated heterocycles. The standard InChI is InChI=1S/C10H15NO3S/c1-8-5-3-4-6-10(8)15(13,14)11-9(2)7-12/h3-6,9,11-12H,7H2,1-2H3/t9-/m1/s1. The molecule has 0 amide bonds. The van der Waals surface area contributed by atoms with Crippen LogP contribution >= 0.6 is 0 Å². The average molecular weight is 229 g/mol. The van der Waals surface area contributed by atoms with Crippen molar-refractivity contribution in [3.05, 3.63) is 29.8 Å². The largest absolute Gasteiger partial charge is 0.395 e. The van der Waals surface area contributed by atoms with Gasteiger partial charge < -0.3 is 5.11 Å². The maximum atomic E-state index is 11.8. The fraction of sp³-hybridized carbons (Fsp3) is 0.400. The molecule has 1 aromatic carbocycles. The second kappa shape index (κ2) is 4.74. The number of sulfonamides is 1. The van der Waals surface area contributed by atoms with Crippen LogP contribution in [0.4, 0.5) is 0 Å². The summed E-state index contributed by atoms with van der Waals surface area (Å²) in [6.45, 7) is 3.12. The zero-order chi connectivity index (χ0) is 11.5. The highest BCUT2D eigenvalue weighted by Crippen LogP contribution is 2.13. The van der Waals surface area contributed by atoms with Gasteiger partial charge >= 0.3 is 0 Å². The SMILES string of the molecule is Cc1ccccc1S(=O)(=O)N[C@H](C)CO. The lowest BCUT2D eigenvalue weighted by Crippen LogP contribution is -2.35. The van der Waals surface area contributed by atoms with Crippen molar-refractivity contribution in [1.29, 1.82) is 0 Å².